The Hall–Kier alpha value is -1.96. The smallest absolute Gasteiger partial charge is 0.343 e. The molecule has 1 aromatic rings. The molecule has 0 saturated heterocycles. The number of hydrogen-bond acceptors (Lipinski definition) is 5. The van der Waals surface area contributed by atoms with Gasteiger partial charge in [-0.3, -0.25) is 4.79 Å². The van der Waals surface area contributed by atoms with Gasteiger partial charge in [0, 0.05) is 13.1 Å². The Morgan fingerprint density at radius 1 is 1.80 bits per heavy atom. The Balaban J connectivity index is 2.86. The number of imidazole rings is 1. The van der Waals surface area contributed by atoms with E-state index in [1.165, 1.54) is 7.05 Å². The second kappa shape index (κ2) is 4.51. The number of nitrogens with zero attached hydrogens (tertiary/aromatic N) is 3. The molecule has 8 nitrogen and oxygen atoms in total. The van der Waals surface area contributed by atoms with Crippen LogP contribution in [0.5, 0.6) is 0 Å². The number of aromatic nitrogens is 2. The first kappa shape index (κ1) is 11.1. The molecule has 15 heavy (non-hydrogen) atoms. The van der Waals surface area contributed by atoms with Crippen LogP contribution in [0.4, 0.5) is 5.82 Å². The highest BCUT2D eigenvalue weighted by atomic mass is 16.6. The van der Waals surface area contributed by atoms with Crippen molar-refractivity contribution < 1.29 is 9.72 Å². The van der Waals surface area contributed by atoms with Crippen LogP contribution in [0.25, 0.3) is 0 Å². The van der Waals surface area contributed by atoms with Gasteiger partial charge >= 0.3 is 11.7 Å². The summed E-state index contributed by atoms with van der Waals surface area (Å²) in [6, 6.07) is 0. The molecule has 8 heteroatoms. The molecule has 0 aliphatic rings. The van der Waals surface area contributed by atoms with Crippen molar-refractivity contribution in [2.24, 2.45) is 12.8 Å². The van der Waals surface area contributed by atoms with Crippen molar-refractivity contribution in [1.82, 2.24) is 14.9 Å². The van der Waals surface area contributed by atoms with Crippen LogP contribution in [0.3, 0.4) is 0 Å². The first-order valence-corrected chi connectivity index (χ1v) is 4.22. The molecule has 0 bridgehead atoms. The summed E-state index contributed by atoms with van der Waals surface area (Å²) in [6.45, 7) is 0.609. The summed E-state index contributed by atoms with van der Waals surface area (Å²) in [5, 5.41) is 12.9. The molecule has 0 unspecified atom stereocenters. The summed E-state index contributed by atoms with van der Waals surface area (Å²) < 4.78 is 1.12. The summed E-state index contributed by atoms with van der Waals surface area (Å²) >= 11 is 0. The third-order valence-electron chi connectivity index (χ3n) is 1.78. The zero-order valence-electron chi connectivity index (χ0n) is 8.14. The van der Waals surface area contributed by atoms with Crippen LogP contribution < -0.4 is 11.1 Å². The van der Waals surface area contributed by atoms with E-state index in [1.54, 1.807) is 0 Å². The molecule has 82 valence electrons. The Bertz CT molecular complexity index is 386. The van der Waals surface area contributed by atoms with Crippen LogP contribution in [0.1, 0.15) is 10.6 Å². The normalized spacial score (nSPS) is 10.0. The van der Waals surface area contributed by atoms with Gasteiger partial charge < -0.3 is 21.2 Å². The van der Waals surface area contributed by atoms with E-state index in [9.17, 15) is 14.9 Å². The number of hydrogen-bond donors (Lipinski definition) is 2. The second-order valence-corrected chi connectivity index (χ2v) is 2.80. The topological polar surface area (TPSA) is 116 Å². The SMILES string of the molecule is Cn1c([N+](=O)[O-])cnc1C(=O)NCCN. The lowest BCUT2D eigenvalue weighted by molar-refractivity contribution is -0.391. The molecule has 0 saturated carbocycles. The predicted molar refractivity (Wildman–Crippen MR) is 51.3 cm³/mol. The number of carbonyl (C=O) groups excluding carboxylic acids is 1. The summed E-state index contributed by atoms with van der Waals surface area (Å²) in [5.41, 5.74) is 5.20. The predicted octanol–water partition coefficient (Wildman–Crippen LogP) is -0.983. The van der Waals surface area contributed by atoms with Crippen LogP contribution in [0, 0.1) is 10.1 Å². The van der Waals surface area contributed by atoms with Crippen molar-refractivity contribution in [2.45, 2.75) is 0 Å². The van der Waals surface area contributed by atoms with Gasteiger partial charge in [0.2, 0.25) is 0 Å². The monoisotopic (exact) mass is 213 g/mol. The number of nitrogens with one attached hydrogen (secondary N) is 1. The maximum absolute atomic E-state index is 11.4. The van der Waals surface area contributed by atoms with Gasteiger partial charge in [-0.05, 0) is 4.92 Å². The van der Waals surface area contributed by atoms with E-state index in [-0.39, 0.29) is 11.6 Å². The fraction of sp³-hybridized carbons (Fsp3) is 0.429. The van der Waals surface area contributed by atoms with E-state index < -0.39 is 10.8 Å². The maximum atomic E-state index is 11.4. The lowest BCUT2D eigenvalue weighted by Crippen LogP contribution is -2.30. The molecule has 0 aliphatic carbocycles. The number of rotatable bonds is 4. The highest BCUT2D eigenvalue weighted by molar-refractivity contribution is 5.91. The minimum absolute atomic E-state index is 0.00449. The lowest BCUT2D eigenvalue weighted by atomic mass is 10.5. The van der Waals surface area contributed by atoms with Gasteiger partial charge in [0.25, 0.3) is 5.82 Å². The van der Waals surface area contributed by atoms with Crippen molar-refractivity contribution in [3.8, 4) is 0 Å². The summed E-state index contributed by atoms with van der Waals surface area (Å²) in [5.74, 6) is -0.709. The molecule has 0 aromatic carbocycles. The third-order valence-corrected chi connectivity index (χ3v) is 1.78. The van der Waals surface area contributed by atoms with Crippen LogP contribution >= 0.6 is 0 Å². The van der Waals surface area contributed by atoms with Crippen LogP contribution in [-0.4, -0.2) is 33.5 Å². The Morgan fingerprint density at radius 3 is 2.93 bits per heavy atom. The van der Waals surface area contributed by atoms with E-state index in [2.05, 4.69) is 10.3 Å². The Morgan fingerprint density at radius 2 is 2.47 bits per heavy atom. The first-order chi connectivity index (χ1) is 7.07. The molecule has 1 amide bonds. The molecule has 0 radical (unpaired) electrons. The highest BCUT2D eigenvalue weighted by Crippen LogP contribution is 2.10. The standard InChI is InChI=1S/C7H11N5O3/c1-11-5(12(14)15)4-10-6(11)7(13)9-3-2-8/h4H,2-3,8H2,1H3,(H,9,13). The molecular formula is C7H11N5O3. The Labute approximate surface area is 85.2 Å². The van der Waals surface area contributed by atoms with Crippen molar-refractivity contribution >= 4 is 11.7 Å². The molecule has 0 atom stereocenters. The average molecular weight is 213 g/mol. The quantitative estimate of drug-likeness (QED) is 0.492. The van der Waals surface area contributed by atoms with Gasteiger partial charge in [-0.15, -0.1) is 0 Å². The van der Waals surface area contributed by atoms with Gasteiger partial charge in [-0.1, -0.05) is 0 Å². The van der Waals surface area contributed by atoms with E-state index in [4.69, 9.17) is 5.73 Å². The average Bonchev–Trinajstić information content (AvgIpc) is 2.56. The fourth-order valence-corrected chi connectivity index (χ4v) is 1.05. The lowest BCUT2D eigenvalue weighted by Gasteiger charge is -2.00. The second-order valence-electron chi connectivity index (χ2n) is 2.80. The van der Waals surface area contributed by atoms with Gasteiger partial charge in [0.1, 0.15) is 6.20 Å². The van der Waals surface area contributed by atoms with Crippen LogP contribution in [0.2, 0.25) is 0 Å². The fourth-order valence-electron chi connectivity index (χ4n) is 1.05. The molecule has 0 aliphatic heterocycles. The van der Waals surface area contributed by atoms with E-state index >= 15 is 0 Å². The van der Waals surface area contributed by atoms with Crippen LogP contribution in [0.15, 0.2) is 6.20 Å². The highest BCUT2D eigenvalue weighted by Gasteiger charge is 2.21. The number of carbonyl (C=O) groups is 1. The molecule has 0 fully saturated rings. The van der Waals surface area contributed by atoms with Crippen molar-refractivity contribution in [3.63, 3.8) is 0 Å². The molecule has 1 rings (SSSR count). The molecule has 1 heterocycles. The van der Waals surface area contributed by atoms with Gasteiger partial charge in [0.05, 0.1) is 7.05 Å². The minimum atomic E-state index is -0.604. The molecule has 0 spiro atoms. The van der Waals surface area contributed by atoms with E-state index in [0.29, 0.717) is 13.1 Å². The Kier molecular flexibility index (Phi) is 3.34. The van der Waals surface area contributed by atoms with Crippen LogP contribution in [-0.2, 0) is 7.05 Å². The number of amides is 1. The molecule has 3 N–H and O–H groups in total. The summed E-state index contributed by atoms with van der Waals surface area (Å²) in [4.78, 5) is 24.9. The van der Waals surface area contributed by atoms with Gasteiger partial charge in [0.15, 0.2) is 0 Å². The molecular weight excluding hydrogens is 202 g/mol. The maximum Gasteiger partial charge on any atom is 0.343 e. The van der Waals surface area contributed by atoms with Crippen molar-refractivity contribution in [2.75, 3.05) is 13.1 Å². The van der Waals surface area contributed by atoms with Gasteiger partial charge in [-0.2, -0.15) is 0 Å². The minimum Gasteiger partial charge on any atom is -0.358 e. The zero-order valence-corrected chi connectivity index (χ0v) is 8.14. The number of nitrogens with two attached hydrogens (primary N) is 1. The molecule has 1 aromatic heterocycles. The van der Waals surface area contributed by atoms with E-state index in [1.807, 2.05) is 0 Å². The number of nitro groups is 1. The van der Waals surface area contributed by atoms with Crippen molar-refractivity contribution in [3.05, 3.63) is 22.1 Å². The zero-order chi connectivity index (χ0) is 11.4. The van der Waals surface area contributed by atoms with Crippen molar-refractivity contribution in [1.29, 1.82) is 0 Å². The van der Waals surface area contributed by atoms with Gasteiger partial charge in [-0.25, -0.2) is 9.55 Å². The summed E-state index contributed by atoms with van der Waals surface area (Å²) in [6.07, 6.45) is 1.04. The first-order valence-electron chi connectivity index (χ1n) is 4.22. The third kappa shape index (κ3) is 2.29. The largest absolute Gasteiger partial charge is 0.358 e. The summed E-state index contributed by atoms with van der Waals surface area (Å²) in [7, 11) is 1.41. The van der Waals surface area contributed by atoms with E-state index in [0.717, 1.165) is 10.8 Å².